The monoisotopic (exact) mass is 695 g/mol. The number of carboxylic acids is 1. The minimum atomic E-state index is -1.82. The van der Waals surface area contributed by atoms with Gasteiger partial charge in [0, 0.05) is 20.3 Å². The maximum absolute atomic E-state index is 13.0. The van der Waals surface area contributed by atoms with Crippen molar-refractivity contribution in [1.82, 2.24) is 21.3 Å². The van der Waals surface area contributed by atoms with E-state index in [1.807, 2.05) is 0 Å². The first kappa shape index (κ1) is 40.6. The molecule has 2 saturated heterocycles. The number of carbonyl (C=O) groups excluding carboxylic acids is 5. The Labute approximate surface area is 274 Å². The number of ether oxygens (including phenoxy) is 4. The zero-order chi connectivity index (χ0) is 36.3. The van der Waals surface area contributed by atoms with E-state index in [2.05, 4.69) is 21.3 Å². The average Bonchev–Trinajstić information content (AvgIpc) is 3.01. The van der Waals surface area contributed by atoms with Gasteiger partial charge in [0.1, 0.15) is 67.4 Å². The maximum Gasteiger partial charge on any atom is 0.303 e. The highest BCUT2D eigenvalue weighted by molar-refractivity contribution is 5.92. The zero-order valence-electron chi connectivity index (χ0n) is 26.5. The van der Waals surface area contributed by atoms with Crippen LogP contribution in [0.5, 0.6) is 0 Å². The normalized spacial score (nSPS) is 31.5. The van der Waals surface area contributed by atoms with Gasteiger partial charge in [-0.1, -0.05) is 6.92 Å². The van der Waals surface area contributed by atoms with Gasteiger partial charge in [-0.2, -0.15) is 0 Å². The van der Waals surface area contributed by atoms with Crippen LogP contribution in [0.1, 0.15) is 40.0 Å². The van der Waals surface area contributed by atoms with Crippen LogP contribution in [0.25, 0.3) is 0 Å². The van der Waals surface area contributed by atoms with Crippen molar-refractivity contribution in [2.75, 3.05) is 19.8 Å². The van der Waals surface area contributed by atoms with Crippen molar-refractivity contribution in [3.63, 3.8) is 0 Å². The Bertz CT molecular complexity index is 1150. The topological polar surface area (TPSA) is 335 Å². The molecule has 21 heteroatoms. The summed E-state index contributed by atoms with van der Waals surface area (Å²) in [7, 11) is 0. The number of amides is 5. The standard InChI is InChI=1S/C27H45N5O16/c1-4-12(25(43)32-13(24(28)42)5-6-17(38)39)31-16(37)9-45-23-19(30-11(3)36)26(44)46-15(8-34)22(23)48-27-18(29-10(2)35)21(41)20(40)14(7-33)47-27/h12-15,18-23,26-27,33-34,40-41,44H,4-9H2,1-3H3,(H2,28,42)(H,29,35)(H,30,36)(H,31,37)(H,32,43)(H,38,39)/t12-,13+,14+,15+,18+,19+,20+,21+,22+,23+,26-,27-/m0/s1. The van der Waals surface area contributed by atoms with Gasteiger partial charge in [0.2, 0.25) is 29.5 Å². The number of primary amides is 1. The first-order chi connectivity index (χ1) is 22.5. The number of carbonyl (C=O) groups is 6. The summed E-state index contributed by atoms with van der Waals surface area (Å²) in [6, 6.07) is -5.47. The molecule has 5 amide bonds. The summed E-state index contributed by atoms with van der Waals surface area (Å²) >= 11 is 0. The summed E-state index contributed by atoms with van der Waals surface area (Å²) in [6.45, 7) is 1.28. The molecule has 2 rings (SSSR count). The Morgan fingerprint density at radius 3 is 1.96 bits per heavy atom. The summed E-state index contributed by atoms with van der Waals surface area (Å²) in [4.78, 5) is 72.3. The molecule has 0 bridgehead atoms. The summed E-state index contributed by atoms with van der Waals surface area (Å²) in [5.74, 6) is -5.33. The van der Waals surface area contributed by atoms with Crippen molar-refractivity contribution in [1.29, 1.82) is 0 Å². The zero-order valence-corrected chi connectivity index (χ0v) is 26.5. The van der Waals surface area contributed by atoms with Crippen molar-refractivity contribution >= 4 is 35.5 Å². The van der Waals surface area contributed by atoms with Gasteiger partial charge in [0.25, 0.3) is 0 Å². The third-order valence-electron chi connectivity index (χ3n) is 7.53. The highest BCUT2D eigenvalue weighted by Crippen LogP contribution is 2.30. The molecule has 2 fully saturated rings. The smallest absolute Gasteiger partial charge is 0.303 e. The van der Waals surface area contributed by atoms with E-state index in [0.717, 1.165) is 13.8 Å². The summed E-state index contributed by atoms with van der Waals surface area (Å²) in [5, 5.41) is 69.7. The van der Waals surface area contributed by atoms with Crippen LogP contribution in [-0.4, -0.2) is 159 Å². The second-order valence-electron chi connectivity index (χ2n) is 11.2. The van der Waals surface area contributed by atoms with Gasteiger partial charge in [0.15, 0.2) is 12.6 Å². The van der Waals surface area contributed by atoms with E-state index in [-0.39, 0.29) is 12.8 Å². The first-order valence-electron chi connectivity index (χ1n) is 15.0. The van der Waals surface area contributed by atoms with Crippen LogP contribution in [0.2, 0.25) is 0 Å². The number of carboxylic acid groups (broad SMARTS) is 1. The van der Waals surface area contributed by atoms with Crippen molar-refractivity contribution in [2.24, 2.45) is 5.73 Å². The molecule has 12 N–H and O–H groups in total. The quantitative estimate of drug-likeness (QED) is 0.0674. The Hall–Kier alpha value is -3.54. The summed E-state index contributed by atoms with van der Waals surface area (Å²) < 4.78 is 22.7. The van der Waals surface area contributed by atoms with E-state index in [4.69, 9.17) is 29.8 Å². The molecule has 21 nitrogen and oxygen atoms in total. The second-order valence-corrected chi connectivity index (χ2v) is 11.2. The van der Waals surface area contributed by atoms with Crippen LogP contribution >= 0.6 is 0 Å². The number of nitrogens with two attached hydrogens (primary N) is 1. The number of hydrogen-bond donors (Lipinski definition) is 11. The van der Waals surface area contributed by atoms with Gasteiger partial charge in [0.05, 0.1) is 13.2 Å². The van der Waals surface area contributed by atoms with Gasteiger partial charge in [-0.3, -0.25) is 28.8 Å². The van der Waals surface area contributed by atoms with Crippen molar-refractivity contribution in [3.05, 3.63) is 0 Å². The molecular formula is C27H45N5O16. The third-order valence-corrected chi connectivity index (χ3v) is 7.53. The fourth-order valence-electron chi connectivity index (χ4n) is 5.15. The summed E-state index contributed by atoms with van der Waals surface area (Å²) in [6.07, 6.45) is -13.5. The van der Waals surface area contributed by atoms with Crippen LogP contribution in [0.15, 0.2) is 0 Å². The number of aliphatic hydroxyl groups is 5. The van der Waals surface area contributed by atoms with E-state index < -0.39 is 135 Å². The van der Waals surface area contributed by atoms with Crippen LogP contribution in [-0.2, 0) is 47.7 Å². The van der Waals surface area contributed by atoms with E-state index >= 15 is 0 Å². The van der Waals surface area contributed by atoms with Crippen LogP contribution in [0.3, 0.4) is 0 Å². The van der Waals surface area contributed by atoms with Crippen LogP contribution in [0, 0.1) is 0 Å². The lowest BCUT2D eigenvalue weighted by Gasteiger charge is -2.48. The number of nitrogens with one attached hydrogen (secondary N) is 4. The van der Waals surface area contributed by atoms with E-state index in [0.29, 0.717) is 0 Å². The predicted molar refractivity (Wildman–Crippen MR) is 156 cm³/mol. The average molecular weight is 696 g/mol. The van der Waals surface area contributed by atoms with Crippen LogP contribution < -0.4 is 27.0 Å². The maximum atomic E-state index is 13.0. The van der Waals surface area contributed by atoms with Crippen molar-refractivity contribution < 1.29 is 78.4 Å². The van der Waals surface area contributed by atoms with Crippen molar-refractivity contribution in [2.45, 2.75) is 113 Å². The molecule has 2 aliphatic rings. The minimum Gasteiger partial charge on any atom is -0.481 e. The van der Waals surface area contributed by atoms with Gasteiger partial charge in [-0.05, 0) is 12.8 Å². The molecule has 0 spiro atoms. The fourth-order valence-corrected chi connectivity index (χ4v) is 5.15. The molecule has 0 saturated carbocycles. The second kappa shape index (κ2) is 18.9. The number of aliphatic carboxylic acids is 1. The number of hydrogen-bond acceptors (Lipinski definition) is 15. The molecular weight excluding hydrogens is 650 g/mol. The molecule has 2 heterocycles. The number of rotatable bonds is 17. The van der Waals surface area contributed by atoms with Gasteiger partial charge >= 0.3 is 5.97 Å². The van der Waals surface area contributed by atoms with Crippen LogP contribution in [0.4, 0.5) is 0 Å². The third kappa shape index (κ3) is 11.3. The fraction of sp³-hybridized carbons (Fsp3) is 0.778. The Morgan fingerprint density at radius 1 is 0.833 bits per heavy atom. The van der Waals surface area contributed by atoms with Crippen molar-refractivity contribution in [3.8, 4) is 0 Å². The predicted octanol–water partition coefficient (Wildman–Crippen LogP) is -6.36. The number of aliphatic hydroxyl groups excluding tert-OH is 5. The molecule has 48 heavy (non-hydrogen) atoms. The lowest BCUT2D eigenvalue weighted by Crippen LogP contribution is -2.69. The van der Waals surface area contributed by atoms with E-state index in [1.54, 1.807) is 0 Å². The molecule has 274 valence electrons. The molecule has 0 unspecified atom stereocenters. The lowest BCUT2D eigenvalue weighted by atomic mass is 9.94. The van der Waals surface area contributed by atoms with Gasteiger partial charge in [-0.25, -0.2) is 0 Å². The SMILES string of the molecule is CC[C@H](NC(=O)CO[C@@H]1[C@@H](NC(C)=O)[C@@H](O)O[C@H](CO)[C@H]1O[C@@H]1O[C@H](CO)[C@@H](O)[C@H](O)[C@H]1NC(C)=O)C(=O)N[C@H](CCC(=O)O)C(N)=O. The molecule has 0 radical (unpaired) electrons. The highest BCUT2D eigenvalue weighted by atomic mass is 16.7. The highest BCUT2D eigenvalue weighted by Gasteiger charge is 2.52. The first-order valence-corrected chi connectivity index (χ1v) is 15.0. The van der Waals surface area contributed by atoms with E-state index in [9.17, 15) is 54.3 Å². The molecule has 0 aromatic rings. The van der Waals surface area contributed by atoms with E-state index in [1.165, 1.54) is 6.92 Å². The summed E-state index contributed by atoms with van der Waals surface area (Å²) in [5.41, 5.74) is 5.26. The Morgan fingerprint density at radius 2 is 1.44 bits per heavy atom. The largest absolute Gasteiger partial charge is 0.481 e. The van der Waals surface area contributed by atoms with Gasteiger partial charge < -0.3 is 76.6 Å². The Kier molecular flexibility index (Phi) is 16.0. The molecule has 0 aliphatic carbocycles. The molecule has 0 aromatic carbocycles. The molecule has 0 aromatic heterocycles. The molecule has 12 atom stereocenters. The molecule has 2 aliphatic heterocycles. The van der Waals surface area contributed by atoms with Gasteiger partial charge in [-0.15, -0.1) is 0 Å². The minimum absolute atomic E-state index is 0.00850. The Balaban J connectivity index is 2.31. The lowest BCUT2D eigenvalue weighted by molar-refractivity contribution is -0.331.